The van der Waals surface area contributed by atoms with Crippen molar-refractivity contribution in [2.45, 2.75) is 67.9 Å². The molecule has 0 spiro atoms. The molecular formula is C37H58O8. The summed E-state index contributed by atoms with van der Waals surface area (Å²) in [6, 6.07) is 9.55. The van der Waals surface area contributed by atoms with Gasteiger partial charge in [-0.3, -0.25) is 0 Å². The molecule has 0 heterocycles. The van der Waals surface area contributed by atoms with E-state index in [2.05, 4.69) is 50.8 Å². The van der Waals surface area contributed by atoms with E-state index in [1.165, 1.54) is 12.8 Å². The van der Waals surface area contributed by atoms with E-state index in [0.717, 1.165) is 29.2 Å². The van der Waals surface area contributed by atoms with E-state index in [4.69, 9.17) is 4.74 Å². The van der Waals surface area contributed by atoms with Gasteiger partial charge < -0.3 is 23.7 Å². The number of ether oxygens (including phenoxy) is 5. The highest BCUT2D eigenvalue weighted by Gasteiger charge is 2.47. The summed E-state index contributed by atoms with van der Waals surface area (Å²) >= 11 is 0. The number of fused-ring (bicyclic) bond motifs is 5. The van der Waals surface area contributed by atoms with Crippen LogP contribution in [-0.2, 0) is 44.7 Å². The third kappa shape index (κ3) is 17.5. The van der Waals surface area contributed by atoms with Crippen LogP contribution in [0.25, 0.3) is 0 Å². The van der Waals surface area contributed by atoms with Gasteiger partial charge >= 0.3 is 17.9 Å². The molecule has 0 aromatic heterocycles. The van der Waals surface area contributed by atoms with Crippen LogP contribution in [0.15, 0.2) is 78.9 Å². The second-order valence-electron chi connectivity index (χ2n) is 10.9. The minimum Gasteiger partial charge on any atom is -0.460 e. The van der Waals surface area contributed by atoms with Gasteiger partial charge in [-0.05, 0) is 75.7 Å². The molecule has 0 N–H and O–H groups in total. The molecule has 45 heavy (non-hydrogen) atoms. The molecule has 0 saturated heterocycles. The molecule has 4 unspecified atom stereocenters. The Bertz CT molecular complexity index is 1040. The Morgan fingerprint density at radius 3 is 1.62 bits per heavy atom. The number of carbonyl (C=O) groups is 3. The van der Waals surface area contributed by atoms with E-state index in [-0.39, 0.29) is 32.8 Å². The molecule has 4 atom stereocenters. The van der Waals surface area contributed by atoms with Gasteiger partial charge in [0.1, 0.15) is 19.8 Å². The maximum Gasteiger partial charge on any atom is 0.333 e. The van der Waals surface area contributed by atoms with Crippen molar-refractivity contribution in [2.75, 3.05) is 40.6 Å². The summed E-state index contributed by atoms with van der Waals surface area (Å²) in [5.41, 5.74) is 2.24. The number of hydrogen-bond donors (Lipinski definition) is 0. The van der Waals surface area contributed by atoms with Crippen molar-refractivity contribution in [3.63, 3.8) is 0 Å². The first-order valence-corrected chi connectivity index (χ1v) is 14.7. The van der Waals surface area contributed by atoms with Crippen LogP contribution in [0, 0.1) is 23.7 Å². The molecule has 3 aliphatic carbocycles. The molecule has 1 aromatic carbocycles. The van der Waals surface area contributed by atoms with E-state index in [1.807, 2.05) is 30.3 Å². The van der Waals surface area contributed by atoms with Crippen LogP contribution in [0.3, 0.4) is 0 Å². The smallest absolute Gasteiger partial charge is 0.333 e. The van der Waals surface area contributed by atoms with Crippen molar-refractivity contribution in [2.24, 2.45) is 23.7 Å². The average molecular weight is 631 g/mol. The zero-order chi connectivity index (χ0) is 32.2. The number of carbonyl (C=O) groups excluding carboxylic acids is 3. The van der Waals surface area contributed by atoms with E-state index < -0.39 is 0 Å². The highest BCUT2D eigenvalue weighted by molar-refractivity contribution is 5.87. The normalized spacial score (nSPS) is 19.1. The van der Waals surface area contributed by atoms with Crippen LogP contribution >= 0.6 is 0 Å². The molecule has 2 saturated carbocycles. The summed E-state index contributed by atoms with van der Waals surface area (Å²) in [7, 11) is 3.10. The fourth-order valence-electron chi connectivity index (χ4n) is 5.03. The predicted octanol–water partition coefficient (Wildman–Crippen LogP) is 7.69. The molecule has 254 valence electrons. The summed E-state index contributed by atoms with van der Waals surface area (Å²) in [4.78, 5) is 32.3. The van der Waals surface area contributed by atoms with Gasteiger partial charge in [0.25, 0.3) is 0 Å². The maximum atomic E-state index is 11.0. The molecule has 8 nitrogen and oxygen atoms in total. The molecule has 2 fully saturated rings. The minimum atomic E-state index is -0.364. The number of hydrogen-bond acceptors (Lipinski definition) is 8. The Morgan fingerprint density at radius 2 is 1.18 bits per heavy atom. The molecule has 2 bridgehead atoms. The summed E-state index contributed by atoms with van der Waals surface area (Å²) in [6.07, 6.45) is 11.0. The summed E-state index contributed by atoms with van der Waals surface area (Å²) in [5, 5.41) is 0. The number of esters is 3. The number of rotatable bonds is 11. The highest BCUT2D eigenvalue weighted by atomic mass is 16.6. The molecule has 1 aromatic rings. The second kappa shape index (κ2) is 24.8. The van der Waals surface area contributed by atoms with Gasteiger partial charge in [0.15, 0.2) is 0 Å². The number of allylic oxidation sites excluding steroid dienone is 2. The van der Waals surface area contributed by atoms with Gasteiger partial charge in [-0.25, -0.2) is 14.4 Å². The Labute approximate surface area is 272 Å². The van der Waals surface area contributed by atoms with E-state index in [9.17, 15) is 14.4 Å². The summed E-state index contributed by atoms with van der Waals surface area (Å²) in [5.74, 6) is 3.29. The van der Waals surface area contributed by atoms with Crippen molar-refractivity contribution in [1.82, 2.24) is 0 Å². The van der Waals surface area contributed by atoms with Crippen LogP contribution in [0.2, 0.25) is 0 Å². The quantitative estimate of drug-likeness (QED) is 0.0807. The Hall–Kier alpha value is -3.49. The summed E-state index contributed by atoms with van der Waals surface area (Å²) in [6.45, 7) is 16.9. The van der Waals surface area contributed by atoms with E-state index in [1.54, 1.807) is 47.8 Å². The highest BCUT2D eigenvalue weighted by Crippen LogP contribution is 2.56. The maximum absolute atomic E-state index is 11.0. The fraction of sp³-hybridized carbons (Fsp3) is 0.541. The first-order chi connectivity index (χ1) is 20.5. The van der Waals surface area contributed by atoms with Gasteiger partial charge in [-0.2, -0.15) is 0 Å². The molecule has 4 rings (SSSR count). The van der Waals surface area contributed by atoms with Gasteiger partial charge in [0.05, 0.1) is 13.2 Å². The monoisotopic (exact) mass is 630 g/mol. The molecular weight excluding hydrogens is 572 g/mol. The van der Waals surface area contributed by atoms with Crippen LogP contribution in [0.4, 0.5) is 0 Å². The van der Waals surface area contributed by atoms with Crippen molar-refractivity contribution >= 4 is 17.9 Å². The Balaban J connectivity index is 0. The third-order valence-corrected chi connectivity index (χ3v) is 7.22. The lowest BCUT2D eigenvalue weighted by Crippen LogP contribution is -2.16. The zero-order valence-corrected chi connectivity index (χ0v) is 26.6. The van der Waals surface area contributed by atoms with Crippen molar-refractivity contribution in [1.29, 1.82) is 0 Å². The molecule has 8 heteroatoms. The largest absolute Gasteiger partial charge is 0.460 e. The lowest BCUT2D eigenvalue weighted by atomic mass is 9.82. The van der Waals surface area contributed by atoms with Crippen molar-refractivity contribution in [3.8, 4) is 0 Å². The summed E-state index contributed by atoms with van der Waals surface area (Å²) < 4.78 is 23.6. The zero-order valence-electron chi connectivity index (χ0n) is 26.6. The average Bonchev–Trinajstić information content (AvgIpc) is 3.74. The first-order valence-electron chi connectivity index (χ1n) is 14.7. The van der Waals surface area contributed by atoms with Crippen LogP contribution in [0.1, 0.15) is 66.9 Å². The molecule has 0 radical (unpaired) electrons. The van der Waals surface area contributed by atoms with Gasteiger partial charge in [-0.15, -0.1) is 0 Å². The standard InChI is InChI=1S/C11H12O2.C10H14.2C7H12O3.2CH4/c1-9(2)11(12)13-8-10-6-4-3-5-7-10;1-2-9-7-4-5-8(6-7)10(9)3-1;2*1-6(2)7(8)10-5-4-9-3;;/h3-7H,1,8H2,2H3;1-2,7-10H,3-6H2;2*1,4-5H2,2-3H3;2*1H4. The van der Waals surface area contributed by atoms with Gasteiger partial charge in [-0.1, -0.05) is 77.1 Å². The number of methoxy groups -OCH3 is 2. The fourth-order valence-corrected chi connectivity index (χ4v) is 5.03. The topological polar surface area (TPSA) is 97.4 Å². The van der Waals surface area contributed by atoms with Crippen LogP contribution in [-0.4, -0.2) is 58.6 Å². The Kier molecular flexibility index (Phi) is 24.0. The molecule has 3 aliphatic rings. The SMILES string of the molecule is C.C.C1=CC2C3CCC(C3)C2C1.C=C(C)C(=O)OCCOC.C=C(C)C(=O)OCCOC.C=C(C)C(=O)OCc1ccccc1. The van der Waals surface area contributed by atoms with E-state index in [0.29, 0.717) is 49.8 Å². The number of benzene rings is 1. The van der Waals surface area contributed by atoms with Crippen LogP contribution < -0.4 is 0 Å². The van der Waals surface area contributed by atoms with Crippen molar-refractivity contribution < 1.29 is 38.1 Å². The predicted molar refractivity (Wildman–Crippen MR) is 181 cm³/mol. The van der Waals surface area contributed by atoms with Crippen LogP contribution in [0.5, 0.6) is 0 Å². The lowest BCUT2D eigenvalue weighted by Gasteiger charge is -2.23. The third-order valence-electron chi connectivity index (χ3n) is 7.22. The van der Waals surface area contributed by atoms with Gasteiger partial charge in [0, 0.05) is 30.9 Å². The van der Waals surface area contributed by atoms with Gasteiger partial charge in [0.2, 0.25) is 0 Å². The van der Waals surface area contributed by atoms with Crippen molar-refractivity contribution in [3.05, 3.63) is 84.5 Å². The minimum absolute atomic E-state index is 0. The molecule has 0 amide bonds. The second-order valence-corrected chi connectivity index (χ2v) is 10.9. The lowest BCUT2D eigenvalue weighted by molar-refractivity contribution is -0.141. The van der Waals surface area contributed by atoms with E-state index >= 15 is 0 Å². The first kappa shape index (κ1) is 43.6. The molecule has 0 aliphatic heterocycles. The Morgan fingerprint density at radius 1 is 0.711 bits per heavy atom.